The maximum atomic E-state index is 13.2. The van der Waals surface area contributed by atoms with Crippen LogP contribution < -0.4 is 20.1 Å². The average Bonchev–Trinajstić information content (AvgIpc) is 3.64. The molecule has 2 fully saturated rings. The number of aromatic nitrogens is 3. The second-order valence-electron chi connectivity index (χ2n) is 9.79. The number of carbonyl (C=O) groups excluding carboxylic acids is 2. The van der Waals surface area contributed by atoms with E-state index in [1.54, 1.807) is 13.3 Å². The largest absolute Gasteiger partial charge is 0.497 e. The van der Waals surface area contributed by atoms with Gasteiger partial charge in [0.15, 0.2) is 0 Å². The topological polar surface area (TPSA) is 127 Å². The maximum Gasteiger partial charge on any atom is 0.255 e. The number of fused-ring (bicyclic) bond motifs is 1. The van der Waals surface area contributed by atoms with Crippen molar-refractivity contribution in [1.82, 2.24) is 25.6 Å². The lowest BCUT2D eigenvalue weighted by molar-refractivity contribution is -0.125. The Hall–Kier alpha value is -3.66. The Labute approximate surface area is 215 Å². The Bertz CT molecular complexity index is 1260. The van der Waals surface area contributed by atoms with Crippen molar-refractivity contribution in [2.45, 2.75) is 50.6 Å². The first-order valence-electron chi connectivity index (χ1n) is 12.8. The van der Waals surface area contributed by atoms with Crippen LogP contribution in [0.25, 0.3) is 22.3 Å². The van der Waals surface area contributed by atoms with Crippen LogP contribution in [-0.2, 0) is 9.53 Å². The average molecular weight is 508 g/mol. The molecule has 0 radical (unpaired) electrons. The van der Waals surface area contributed by atoms with Crippen molar-refractivity contribution in [3.63, 3.8) is 0 Å². The molecule has 2 heterocycles. The van der Waals surface area contributed by atoms with Crippen molar-refractivity contribution < 1.29 is 23.8 Å². The van der Waals surface area contributed by atoms with E-state index in [1.165, 1.54) is 26.3 Å². The smallest absolute Gasteiger partial charge is 0.255 e. The fraction of sp³-hybridized carbons (Fsp3) is 0.481. The van der Waals surface area contributed by atoms with Gasteiger partial charge in [0.25, 0.3) is 5.91 Å². The van der Waals surface area contributed by atoms with E-state index in [9.17, 15) is 9.59 Å². The van der Waals surface area contributed by atoms with Gasteiger partial charge >= 0.3 is 0 Å². The molecule has 5 rings (SSSR count). The van der Waals surface area contributed by atoms with Crippen molar-refractivity contribution >= 4 is 22.8 Å². The van der Waals surface area contributed by atoms with E-state index < -0.39 is 0 Å². The van der Waals surface area contributed by atoms with Crippen LogP contribution in [0.1, 0.15) is 48.9 Å². The molecule has 2 aliphatic rings. The number of hydrogen-bond acceptors (Lipinski definition) is 7. The summed E-state index contributed by atoms with van der Waals surface area (Å²) in [5.41, 5.74) is 3.20. The second kappa shape index (κ2) is 11.2. The number of nitrogens with zero attached hydrogens (tertiary/aromatic N) is 2. The summed E-state index contributed by atoms with van der Waals surface area (Å²) >= 11 is 0. The van der Waals surface area contributed by atoms with E-state index in [0.717, 1.165) is 31.2 Å². The quantitative estimate of drug-likeness (QED) is 0.384. The van der Waals surface area contributed by atoms with Crippen molar-refractivity contribution in [2.24, 2.45) is 5.92 Å². The molecule has 0 saturated heterocycles. The summed E-state index contributed by atoms with van der Waals surface area (Å²) in [6.07, 6.45) is 8.74. The molecule has 37 heavy (non-hydrogen) atoms. The van der Waals surface area contributed by atoms with Gasteiger partial charge in [0.1, 0.15) is 35.6 Å². The van der Waals surface area contributed by atoms with Crippen molar-refractivity contribution in [3.05, 3.63) is 36.3 Å². The number of rotatable bonds is 10. The first-order chi connectivity index (χ1) is 18.1. The lowest BCUT2D eigenvalue weighted by Crippen LogP contribution is -2.44. The predicted molar refractivity (Wildman–Crippen MR) is 138 cm³/mol. The predicted octanol–water partition coefficient (Wildman–Crippen LogP) is 3.23. The first kappa shape index (κ1) is 25.0. The van der Waals surface area contributed by atoms with Gasteiger partial charge in [-0.2, -0.15) is 0 Å². The molecule has 0 aliphatic heterocycles. The number of hydrogen-bond donors (Lipinski definition) is 3. The summed E-state index contributed by atoms with van der Waals surface area (Å²) in [6.45, 7) is 0.719. The summed E-state index contributed by atoms with van der Waals surface area (Å²) in [6, 6.07) is 5.82. The standard InChI is InChI=1S/C27H33N5O5/c1-35-14-23(33)31-17-5-7-18(8-6-17)32-27(34)21-12-28-26-24(29-15-30-25(21)26)20-10-9-19(36-2)11-22(20)37-13-16-3-4-16/h9-12,15-18,28H,3-8,13-14H2,1-2H3,(H,31,33)(H,32,34)/t17-,18-. The minimum absolute atomic E-state index is 0.0401. The third-order valence-corrected chi connectivity index (χ3v) is 7.03. The van der Waals surface area contributed by atoms with E-state index >= 15 is 0 Å². The van der Waals surface area contributed by atoms with Crippen LogP contribution in [0, 0.1) is 5.92 Å². The highest BCUT2D eigenvalue weighted by atomic mass is 16.5. The minimum Gasteiger partial charge on any atom is -0.497 e. The number of ether oxygens (including phenoxy) is 3. The minimum atomic E-state index is -0.178. The summed E-state index contributed by atoms with van der Waals surface area (Å²) in [4.78, 5) is 37.1. The van der Waals surface area contributed by atoms with Crippen LogP contribution in [-0.4, -0.2) is 66.3 Å². The summed E-state index contributed by atoms with van der Waals surface area (Å²) < 4.78 is 16.4. The Balaban J connectivity index is 1.30. The molecule has 0 unspecified atom stereocenters. The summed E-state index contributed by atoms with van der Waals surface area (Å²) in [5.74, 6) is 1.72. The van der Waals surface area contributed by atoms with E-state index in [0.29, 0.717) is 46.3 Å². The lowest BCUT2D eigenvalue weighted by Gasteiger charge is -2.29. The van der Waals surface area contributed by atoms with Crippen LogP contribution in [0.15, 0.2) is 30.7 Å². The van der Waals surface area contributed by atoms with Crippen LogP contribution in [0.2, 0.25) is 0 Å². The number of nitrogens with one attached hydrogen (secondary N) is 3. The number of H-pyrrole nitrogens is 1. The molecule has 196 valence electrons. The van der Waals surface area contributed by atoms with Gasteiger partial charge in [-0.25, -0.2) is 9.97 Å². The zero-order valence-corrected chi connectivity index (χ0v) is 21.2. The molecule has 1 aromatic carbocycles. The molecule has 2 aliphatic carbocycles. The van der Waals surface area contributed by atoms with Gasteiger partial charge in [0.2, 0.25) is 5.91 Å². The van der Waals surface area contributed by atoms with Crippen molar-refractivity contribution in [3.8, 4) is 22.8 Å². The summed E-state index contributed by atoms with van der Waals surface area (Å²) in [5, 5.41) is 6.12. The molecule has 0 spiro atoms. The molecular weight excluding hydrogens is 474 g/mol. The number of amides is 2. The Morgan fingerprint density at radius 1 is 1.03 bits per heavy atom. The third kappa shape index (κ3) is 5.85. The zero-order valence-electron chi connectivity index (χ0n) is 21.2. The van der Waals surface area contributed by atoms with E-state index in [4.69, 9.17) is 14.2 Å². The molecule has 2 saturated carbocycles. The van der Waals surface area contributed by atoms with Crippen LogP contribution in [0.4, 0.5) is 0 Å². The molecule has 2 amide bonds. The molecule has 0 bridgehead atoms. The Kier molecular flexibility index (Phi) is 7.55. The van der Waals surface area contributed by atoms with Gasteiger partial charge in [-0.1, -0.05) is 0 Å². The van der Waals surface area contributed by atoms with Gasteiger partial charge in [-0.05, 0) is 56.6 Å². The highest BCUT2D eigenvalue weighted by molar-refractivity contribution is 6.08. The highest BCUT2D eigenvalue weighted by Crippen LogP contribution is 2.37. The van der Waals surface area contributed by atoms with Crippen molar-refractivity contribution in [1.29, 1.82) is 0 Å². The van der Waals surface area contributed by atoms with Crippen LogP contribution >= 0.6 is 0 Å². The molecule has 10 heteroatoms. The van der Waals surface area contributed by atoms with Crippen LogP contribution in [0.5, 0.6) is 11.5 Å². The van der Waals surface area contributed by atoms with E-state index in [2.05, 4.69) is 25.6 Å². The molecule has 3 N–H and O–H groups in total. The van der Waals surface area contributed by atoms with E-state index in [-0.39, 0.29) is 30.5 Å². The van der Waals surface area contributed by atoms with Gasteiger partial charge in [-0.3, -0.25) is 9.59 Å². The number of methoxy groups -OCH3 is 2. The van der Waals surface area contributed by atoms with Crippen molar-refractivity contribution in [2.75, 3.05) is 27.4 Å². The Morgan fingerprint density at radius 2 is 1.78 bits per heavy atom. The SMILES string of the molecule is COCC(=O)N[C@H]1CC[C@H](NC(=O)c2c[nH]c3c(-c4ccc(OC)cc4OCC4CC4)ncnc23)CC1. The van der Waals surface area contributed by atoms with Crippen LogP contribution in [0.3, 0.4) is 0 Å². The van der Waals surface area contributed by atoms with E-state index in [1.807, 2.05) is 18.2 Å². The first-order valence-corrected chi connectivity index (χ1v) is 12.8. The number of benzene rings is 1. The molecule has 0 atom stereocenters. The Morgan fingerprint density at radius 3 is 2.49 bits per heavy atom. The van der Waals surface area contributed by atoms with Gasteiger partial charge in [0.05, 0.1) is 24.8 Å². The van der Waals surface area contributed by atoms with Gasteiger partial charge in [-0.15, -0.1) is 0 Å². The second-order valence-corrected chi connectivity index (χ2v) is 9.79. The molecular formula is C27H33N5O5. The zero-order chi connectivity index (χ0) is 25.8. The monoisotopic (exact) mass is 507 g/mol. The molecule has 2 aromatic heterocycles. The van der Waals surface area contributed by atoms with Gasteiger partial charge < -0.3 is 29.8 Å². The number of aromatic amines is 1. The molecule has 10 nitrogen and oxygen atoms in total. The van der Waals surface area contributed by atoms with Gasteiger partial charge in [0, 0.05) is 37.0 Å². The molecule has 3 aromatic rings. The fourth-order valence-electron chi connectivity index (χ4n) is 4.80. The number of carbonyl (C=O) groups is 2. The maximum absolute atomic E-state index is 13.2. The lowest BCUT2D eigenvalue weighted by atomic mass is 9.91. The fourth-order valence-corrected chi connectivity index (χ4v) is 4.80. The summed E-state index contributed by atoms with van der Waals surface area (Å²) in [7, 11) is 3.13. The third-order valence-electron chi connectivity index (χ3n) is 7.03. The highest BCUT2D eigenvalue weighted by Gasteiger charge is 2.26. The normalized spacial score (nSPS) is 19.4.